The van der Waals surface area contributed by atoms with Crippen LogP contribution in [0.5, 0.6) is 0 Å². The van der Waals surface area contributed by atoms with Crippen LogP contribution in [0.2, 0.25) is 5.02 Å². The highest BCUT2D eigenvalue weighted by Gasteiger charge is 2.28. The maximum absolute atomic E-state index is 12.5. The zero-order chi connectivity index (χ0) is 15.7. The van der Waals surface area contributed by atoms with E-state index in [4.69, 9.17) is 17.3 Å². The van der Waals surface area contributed by atoms with Crippen molar-refractivity contribution < 1.29 is 9.72 Å². The second kappa shape index (κ2) is 5.87. The molecule has 0 spiro atoms. The van der Waals surface area contributed by atoms with E-state index in [0.717, 1.165) is 12.6 Å². The Kier molecular flexibility index (Phi) is 4.34. The molecule has 0 saturated carbocycles. The van der Waals surface area contributed by atoms with Crippen molar-refractivity contribution in [1.29, 1.82) is 0 Å². The van der Waals surface area contributed by atoms with Crippen LogP contribution in [0, 0.1) is 10.1 Å². The van der Waals surface area contributed by atoms with Gasteiger partial charge in [0.15, 0.2) is 0 Å². The van der Waals surface area contributed by atoms with Crippen molar-refractivity contribution in [3.05, 3.63) is 32.8 Å². The lowest BCUT2D eigenvalue weighted by molar-refractivity contribution is -0.384. The van der Waals surface area contributed by atoms with Gasteiger partial charge in [-0.2, -0.15) is 0 Å². The fourth-order valence-electron chi connectivity index (χ4n) is 2.29. The molecule has 1 amide bonds. The highest BCUT2D eigenvalue weighted by molar-refractivity contribution is 6.34. The Morgan fingerprint density at radius 3 is 2.71 bits per heavy atom. The summed E-state index contributed by atoms with van der Waals surface area (Å²) in [7, 11) is 1.99. The van der Waals surface area contributed by atoms with Gasteiger partial charge >= 0.3 is 0 Å². The number of nitro benzene ring substituents is 1. The van der Waals surface area contributed by atoms with Gasteiger partial charge in [-0.15, -0.1) is 0 Å². The van der Waals surface area contributed by atoms with Crippen LogP contribution in [-0.2, 0) is 0 Å². The molecule has 1 heterocycles. The van der Waals surface area contributed by atoms with E-state index in [1.807, 2.05) is 14.0 Å². The molecule has 8 heteroatoms. The molecule has 2 rings (SSSR count). The van der Waals surface area contributed by atoms with Crippen LogP contribution in [0.15, 0.2) is 12.1 Å². The summed E-state index contributed by atoms with van der Waals surface area (Å²) in [6.07, 6.45) is 0. The number of likely N-dealkylation sites (N-methyl/N-ethyl adjacent to an activating group) is 1. The standard InChI is InChI=1S/C13H17ClN4O3/c1-8-7-17(4-3-16(8)2)13(19)10-5-9(18(20)21)6-11(14)12(10)15/h5-6,8H,3-4,7,15H2,1-2H3. The lowest BCUT2D eigenvalue weighted by Crippen LogP contribution is -2.52. The Morgan fingerprint density at radius 1 is 1.48 bits per heavy atom. The number of rotatable bonds is 2. The Hall–Kier alpha value is -1.86. The number of non-ortho nitro benzene ring substituents is 1. The van der Waals surface area contributed by atoms with Crippen molar-refractivity contribution in [1.82, 2.24) is 9.80 Å². The normalized spacial score (nSPS) is 19.6. The maximum atomic E-state index is 12.5. The fraction of sp³-hybridized carbons (Fsp3) is 0.462. The molecule has 1 aromatic carbocycles. The molecule has 1 atom stereocenters. The summed E-state index contributed by atoms with van der Waals surface area (Å²) in [5.74, 6) is -0.321. The summed E-state index contributed by atoms with van der Waals surface area (Å²) in [5.41, 5.74) is 5.74. The van der Waals surface area contributed by atoms with E-state index in [1.54, 1.807) is 4.90 Å². The zero-order valence-corrected chi connectivity index (χ0v) is 12.6. The number of nitro groups is 1. The van der Waals surface area contributed by atoms with Crippen LogP contribution in [0.1, 0.15) is 17.3 Å². The first kappa shape index (κ1) is 15.5. The number of halogens is 1. The van der Waals surface area contributed by atoms with E-state index in [0.29, 0.717) is 13.1 Å². The number of nitrogens with zero attached hydrogens (tertiary/aromatic N) is 3. The second-order valence-electron chi connectivity index (χ2n) is 5.23. The van der Waals surface area contributed by atoms with Gasteiger partial charge < -0.3 is 15.5 Å². The van der Waals surface area contributed by atoms with Crippen molar-refractivity contribution in [2.75, 3.05) is 32.4 Å². The molecule has 1 aliphatic rings. The number of hydrogen-bond donors (Lipinski definition) is 1. The molecular formula is C13H17ClN4O3. The summed E-state index contributed by atoms with van der Waals surface area (Å²) in [6.45, 7) is 3.87. The minimum absolute atomic E-state index is 0.0229. The van der Waals surface area contributed by atoms with Crippen molar-refractivity contribution in [2.24, 2.45) is 0 Å². The van der Waals surface area contributed by atoms with Gasteiger partial charge in [-0.05, 0) is 14.0 Å². The number of hydrogen-bond acceptors (Lipinski definition) is 5. The van der Waals surface area contributed by atoms with E-state index in [-0.39, 0.29) is 33.9 Å². The molecule has 0 aliphatic carbocycles. The third-order valence-electron chi connectivity index (χ3n) is 3.80. The minimum Gasteiger partial charge on any atom is -0.397 e. The van der Waals surface area contributed by atoms with Crippen molar-refractivity contribution >= 4 is 28.9 Å². The number of benzene rings is 1. The van der Waals surface area contributed by atoms with Crippen molar-refractivity contribution in [3.63, 3.8) is 0 Å². The number of nitrogens with two attached hydrogens (primary N) is 1. The van der Waals surface area contributed by atoms with Crippen LogP contribution in [0.3, 0.4) is 0 Å². The monoisotopic (exact) mass is 312 g/mol. The largest absolute Gasteiger partial charge is 0.397 e. The first-order valence-electron chi connectivity index (χ1n) is 6.54. The molecule has 114 valence electrons. The molecule has 21 heavy (non-hydrogen) atoms. The van der Waals surface area contributed by atoms with E-state index >= 15 is 0 Å². The zero-order valence-electron chi connectivity index (χ0n) is 11.9. The smallest absolute Gasteiger partial charge is 0.271 e. The Morgan fingerprint density at radius 2 is 2.14 bits per heavy atom. The number of nitrogen functional groups attached to an aromatic ring is 1. The van der Waals surface area contributed by atoms with Gasteiger partial charge in [0.1, 0.15) is 0 Å². The third kappa shape index (κ3) is 3.08. The van der Waals surface area contributed by atoms with E-state index < -0.39 is 4.92 Å². The van der Waals surface area contributed by atoms with Crippen LogP contribution in [-0.4, -0.2) is 53.4 Å². The number of piperazine rings is 1. The third-order valence-corrected chi connectivity index (χ3v) is 4.12. The predicted molar refractivity (Wildman–Crippen MR) is 80.5 cm³/mol. The highest BCUT2D eigenvalue weighted by Crippen LogP contribution is 2.30. The van der Waals surface area contributed by atoms with Crippen molar-refractivity contribution in [2.45, 2.75) is 13.0 Å². The molecule has 0 bridgehead atoms. The number of carbonyl (C=O) groups is 1. The van der Waals surface area contributed by atoms with E-state index in [2.05, 4.69) is 4.90 Å². The van der Waals surface area contributed by atoms with Gasteiger partial charge in [0.05, 0.1) is 21.2 Å². The molecule has 1 aliphatic heterocycles. The predicted octanol–water partition coefficient (Wildman–Crippen LogP) is 1.61. The molecule has 2 N–H and O–H groups in total. The lowest BCUT2D eigenvalue weighted by atomic mass is 10.1. The number of carbonyl (C=O) groups excluding carboxylic acids is 1. The lowest BCUT2D eigenvalue weighted by Gasteiger charge is -2.37. The quantitative estimate of drug-likeness (QED) is 0.509. The molecule has 1 saturated heterocycles. The van der Waals surface area contributed by atoms with Gasteiger partial charge in [-0.1, -0.05) is 11.6 Å². The number of amides is 1. The molecule has 1 aromatic rings. The molecule has 0 radical (unpaired) electrons. The van der Waals surface area contributed by atoms with E-state index in [1.165, 1.54) is 6.07 Å². The molecule has 1 fully saturated rings. The average Bonchev–Trinajstić information content (AvgIpc) is 2.43. The summed E-state index contributed by atoms with van der Waals surface area (Å²) in [4.78, 5) is 26.6. The molecule has 0 aromatic heterocycles. The number of anilines is 1. The van der Waals surface area contributed by atoms with Gasteiger partial charge in [-0.25, -0.2) is 0 Å². The average molecular weight is 313 g/mol. The molecule has 7 nitrogen and oxygen atoms in total. The molecule has 1 unspecified atom stereocenters. The molecular weight excluding hydrogens is 296 g/mol. The fourth-order valence-corrected chi connectivity index (χ4v) is 2.50. The van der Waals surface area contributed by atoms with Gasteiger partial charge in [0.25, 0.3) is 11.6 Å². The van der Waals surface area contributed by atoms with Crippen LogP contribution in [0.25, 0.3) is 0 Å². The SMILES string of the molecule is CC1CN(C(=O)c2cc([N+](=O)[O-])cc(Cl)c2N)CCN1C. The Balaban J connectivity index is 2.33. The first-order valence-corrected chi connectivity index (χ1v) is 6.92. The highest BCUT2D eigenvalue weighted by atomic mass is 35.5. The summed E-state index contributed by atoms with van der Waals surface area (Å²) in [5, 5.41) is 10.9. The van der Waals surface area contributed by atoms with Gasteiger partial charge in [-0.3, -0.25) is 14.9 Å². The van der Waals surface area contributed by atoms with Crippen LogP contribution >= 0.6 is 11.6 Å². The maximum Gasteiger partial charge on any atom is 0.271 e. The summed E-state index contributed by atoms with van der Waals surface area (Å²) < 4.78 is 0. The van der Waals surface area contributed by atoms with Crippen LogP contribution in [0.4, 0.5) is 11.4 Å². The minimum atomic E-state index is -0.589. The second-order valence-corrected chi connectivity index (χ2v) is 5.63. The van der Waals surface area contributed by atoms with Gasteiger partial charge in [0, 0.05) is 37.8 Å². The topological polar surface area (TPSA) is 92.7 Å². The summed E-state index contributed by atoms with van der Waals surface area (Å²) in [6, 6.07) is 2.56. The Labute approximate surface area is 127 Å². The summed E-state index contributed by atoms with van der Waals surface area (Å²) >= 11 is 5.89. The van der Waals surface area contributed by atoms with E-state index in [9.17, 15) is 14.9 Å². The first-order chi connectivity index (χ1) is 9.81. The Bertz CT molecular complexity index is 593. The van der Waals surface area contributed by atoms with Crippen molar-refractivity contribution in [3.8, 4) is 0 Å². The van der Waals surface area contributed by atoms with Gasteiger partial charge in [0.2, 0.25) is 0 Å². The van der Waals surface area contributed by atoms with Crippen LogP contribution < -0.4 is 5.73 Å².